The maximum atomic E-state index is 13.2. The third-order valence-corrected chi connectivity index (χ3v) is 4.45. The molecule has 1 fully saturated rings. The van der Waals surface area contributed by atoms with Crippen LogP contribution in [0.2, 0.25) is 0 Å². The van der Waals surface area contributed by atoms with Gasteiger partial charge in [-0.15, -0.1) is 0 Å². The van der Waals surface area contributed by atoms with Gasteiger partial charge in [0.15, 0.2) is 0 Å². The summed E-state index contributed by atoms with van der Waals surface area (Å²) in [5.41, 5.74) is 0.815. The van der Waals surface area contributed by atoms with E-state index in [9.17, 15) is 9.18 Å². The first kappa shape index (κ1) is 16.9. The van der Waals surface area contributed by atoms with E-state index in [0.717, 1.165) is 31.5 Å². The van der Waals surface area contributed by atoms with Crippen molar-refractivity contribution in [2.24, 2.45) is 0 Å². The number of hydrogen-bond donors (Lipinski definition) is 1. The van der Waals surface area contributed by atoms with E-state index in [1.54, 1.807) is 18.0 Å². The van der Waals surface area contributed by atoms with Gasteiger partial charge in [0.25, 0.3) is 0 Å². The number of halogens is 1. The maximum absolute atomic E-state index is 13.2. The summed E-state index contributed by atoms with van der Waals surface area (Å²) in [6.45, 7) is 4.25. The fourth-order valence-corrected chi connectivity index (χ4v) is 3.06. The average Bonchev–Trinajstić information content (AvgIpc) is 2.53. The van der Waals surface area contributed by atoms with E-state index in [2.05, 4.69) is 10.2 Å². The first-order valence-corrected chi connectivity index (χ1v) is 7.92. The Bertz CT molecular complexity index is 508. The van der Waals surface area contributed by atoms with Crippen molar-refractivity contribution < 1.29 is 9.18 Å². The minimum absolute atomic E-state index is 0.0843. The lowest BCUT2D eigenvalue weighted by Crippen LogP contribution is -2.52. The summed E-state index contributed by atoms with van der Waals surface area (Å²) in [6, 6.07) is 6.72. The second-order valence-corrected chi connectivity index (χ2v) is 6.12. The van der Waals surface area contributed by atoms with Crippen molar-refractivity contribution in [2.75, 3.05) is 27.2 Å². The van der Waals surface area contributed by atoms with Gasteiger partial charge >= 0.3 is 0 Å². The van der Waals surface area contributed by atoms with Gasteiger partial charge in [-0.1, -0.05) is 12.1 Å². The van der Waals surface area contributed by atoms with Gasteiger partial charge in [0.1, 0.15) is 5.82 Å². The van der Waals surface area contributed by atoms with Gasteiger partial charge in [-0.05, 0) is 51.1 Å². The Hall–Kier alpha value is -1.46. The monoisotopic (exact) mass is 307 g/mol. The van der Waals surface area contributed by atoms with Crippen LogP contribution in [-0.4, -0.2) is 55.0 Å². The van der Waals surface area contributed by atoms with Crippen LogP contribution in [-0.2, 0) is 11.3 Å². The highest BCUT2D eigenvalue weighted by molar-refractivity contribution is 5.81. The van der Waals surface area contributed by atoms with Gasteiger partial charge in [-0.2, -0.15) is 0 Å². The molecule has 1 amide bonds. The van der Waals surface area contributed by atoms with Crippen LogP contribution in [0.25, 0.3) is 0 Å². The van der Waals surface area contributed by atoms with Gasteiger partial charge in [0.05, 0.1) is 6.04 Å². The molecular formula is C17H26FN3O. The van der Waals surface area contributed by atoms with E-state index in [4.69, 9.17) is 0 Å². The zero-order chi connectivity index (χ0) is 16.1. The van der Waals surface area contributed by atoms with Crippen molar-refractivity contribution in [2.45, 2.75) is 38.4 Å². The highest BCUT2D eigenvalue weighted by Crippen LogP contribution is 2.15. The van der Waals surface area contributed by atoms with Gasteiger partial charge in [0, 0.05) is 26.2 Å². The summed E-state index contributed by atoms with van der Waals surface area (Å²) < 4.78 is 13.2. The molecule has 0 spiro atoms. The highest BCUT2D eigenvalue weighted by Gasteiger charge is 2.28. The van der Waals surface area contributed by atoms with Crippen molar-refractivity contribution in [1.29, 1.82) is 0 Å². The molecule has 4 nitrogen and oxygen atoms in total. The van der Waals surface area contributed by atoms with Gasteiger partial charge < -0.3 is 10.2 Å². The van der Waals surface area contributed by atoms with E-state index in [1.807, 2.05) is 20.0 Å². The lowest BCUT2D eigenvalue weighted by Gasteiger charge is -2.37. The summed E-state index contributed by atoms with van der Waals surface area (Å²) in [7, 11) is 3.75. The molecule has 2 rings (SSSR count). The Morgan fingerprint density at radius 2 is 2.32 bits per heavy atom. The minimum atomic E-state index is -0.265. The van der Waals surface area contributed by atoms with E-state index in [1.165, 1.54) is 12.1 Å². The fraction of sp³-hybridized carbons (Fsp3) is 0.588. The molecule has 2 atom stereocenters. The number of likely N-dealkylation sites (tertiary alicyclic amines) is 1. The van der Waals surface area contributed by atoms with Crippen LogP contribution < -0.4 is 5.32 Å². The molecule has 5 heteroatoms. The first-order chi connectivity index (χ1) is 10.5. The van der Waals surface area contributed by atoms with Crippen molar-refractivity contribution in [3.8, 4) is 0 Å². The third-order valence-electron chi connectivity index (χ3n) is 4.45. The van der Waals surface area contributed by atoms with Crippen LogP contribution in [0.15, 0.2) is 24.3 Å². The molecule has 1 N–H and O–H groups in total. The number of amides is 1. The predicted octanol–water partition coefficient (Wildman–Crippen LogP) is 1.86. The number of rotatable bonds is 5. The molecule has 0 aromatic heterocycles. The van der Waals surface area contributed by atoms with Crippen LogP contribution >= 0.6 is 0 Å². The molecule has 1 heterocycles. The van der Waals surface area contributed by atoms with Crippen LogP contribution in [0.5, 0.6) is 0 Å². The van der Waals surface area contributed by atoms with Crippen LogP contribution in [0.3, 0.4) is 0 Å². The molecule has 122 valence electrons. The zero-order valence-electron chi connectivity index (χ0n) is 13.7. The summed E-state index contributed by atoms with van der Waals surface area (Å²) in [6.07, 6.45) is 2.27. The first-order valence-electron chi connectivity index (χ1n) is 7.92. The number of nitrogens with one attached hydrogen (secondary N) is 1. The Kier molecular flexibility index (Phi) is 5.91. The Labute approximate surface area is 132 Å². The molecule has 22 heavy (non-hydrogen) atoms. The van der Waals surface area contributed by atoms with Gasteiger partial charge in [-0.25, -0.2) is 4.39 Å². The molecule has 0 radical (unpaired) electrons. The number of nitrogens with zero attached hydrogens (tertiary/aromatic N) is 2. The molecule has 1 aliphatic rings. The summed E-state index contributed by atoms with van der Waals surface area (Å²) >= 11 is 0. The largest absolute Gasteiger partial charge is 0.340 e. The van der Waals surface area contributed by atoms with Crippen LogP contribution in [0, 0.1) is 5.82 Å². The number of carbonyl (C=O) groups is 1. The number of hydrogen-bond acceptors (Lipinski definition) is 3. The molecule has 0 bridgehead atoms. The van der Waals surface area contributed by atoms with E-state index >= 15 is 0 Å². The Morgan fingerprint density at radius 1 is 1.55 bits per heavy atom. The van der Waals surface area contributed by atoms with Crippen molar-refractivity contribution in [3.05, 3.63) is 35.6 Å². The Balaban J connectivity index is 1.94. The normalized spacial score (nSPS) is 20.6. The number of benzene rings is 1. The van der Waals surface area contributed by atoms with Gasteiger partial charge in [0.2, 0.25) is 5.91 Å². The average molecular weight is 307 g/mol. The maximum Gasteiger partial charge on any atom is 0.239 e. The van der Waals surface area contributed by atoms with Gasteiger partial charge in [-0.3, -0.25) is 9.69 Å². The smallest absolute Gasteiger partial charge is 0.239 e. The molecule has 1 saturated heterocycles. The quantitative estimate of drug-likeness (QED) is 0.902. The lowest BCUT2D eigenvalue weighted by molar-refractivity contribution is -0.136. The van der Waals surface area contributed by atoms with E-state index in [0.29, 0.717) is 12.6 Å². The third kappa shape index (κ3) is 4.27. The number of carbonyl (C=O) groups excluding carboxylic acids is 1. The fourth-order valence-electron chi connectivity index (χ4n) is 3.06. The molecule has 1 aromatic carbocycles. The van der Waals surface area contributed by atoms with Crippen molar-refractivity contribution >= 4 is 5.91 Å². The summed E-state index contributed by atoms with van der Waals surface area (Å²) in [5, 5.41) is 3.29. The van der Waals surface area contributed by atoms with Crippen LogP contribution in [0.4, 0.5) is 4.39 Å². The molecule has 0 saturated carbocycles. The number of piperidine rings is 1. The van der Waals surface area contributed by atoms with E-state index in [-0.39, 0.29) is 17.8 Å². The molecule has 1 aliphatic heterocycles. The van der Waals surface area contributed by atoms with Crippen molar-refractivity contribution in [1.82, 2.24) is 15.1 Å². The highest BCUT2D eigenvalue weighted by atomic mass is 19.1. The molecule has 1 aromatic rings. The predicted molar refractivity (Wildman–Crippen MR) is 86.0 cm³/mol. The second kappa shape index (κ2) is 7.70. The molecule has 2 unspecified atom stereocenters. The SMILES string of the molecule is CNC1CCCN(C(C)C(=O)N(C)Cc2cccc(F)c2)C1. The molecular weight excluding hydrogens is 281 g/mol. The Morgan fingerprint density at radius 3 is 3.00 bits per heavy atom. The van der Waals surface area contributed by atoms with Crippen molar-refractivity contribution in [3.63, 3.8) is 0 Å². The standard InChI is InChI=1S/C17H26FN3O/c1-13(21-9-5-8-16(12-21)19-2)17(22)20(3)11-14-6-4-7-15(18)10-14/h4,6-7,10,13,16,19H,5,8-9,11-12H2,1-3H3. The minimum Gasteiger partial charge on any atom is -0.340 e. The van der Waals surface area contributed by atoms with Crippen LogP contribution in [0.1, 0.15) is 25.3 Å². The van der Waals surface area contributed by atoms with E-state index < -0.39 is 0 Å². The summed E-state index contributed by atoms with van der Waals surface area (Å²) in [5.74, 6) is -0.180. The number of likely N-dealkylation sites (N-methyl/N-ethyl adjacent to an activating group) is 2. The second-order valence-electron chi connectivity index (χ2n) is 6.12. The topological polar surface area (TPSA) is 35.6 Å². The molecule has 0 aliphatic carbocycles. The lowest BCUT2D eigenvalue weighted by atomic mass is 10.0. The zero-order valence-corrected chi connectivity index (χ0v) is 13.7. The summed E-state index contributed by atoms with van der Waals surface area (Å²) in [4.78, 5) is 16.5.